The molecule has 7 rings (SSSR count). The first-order chi connectivity index (χ1) is 22.7. The van der Waals surface area contributed by atoms with E-state index in [9.17, 15) is 18.5 Å². The molecular weight excluding hydrogens is 619 g/mol. The van der Waals surface area contributed by atoms with E-state index in [-0.39, 0.29) is 21.9 Å². The number of nitro groups is 1. The van der Waals surface area contributed by atoms with Crippen LogP contribution in [0.15, 0.2) is 102 Å². The number of non-ortho nitro benzene ring substituents is 1. The Morgan fingerprint density at radius 3 is 2.32 bits per heavy atom. The molecule has 1 aliphatic rings. The zero-order valence-electron chi connectivity index (χ0n) is 25.6. The molecule has 1 fully saturated rings. The van der Waals surface area contributed by atoms with Crippen molar-refractivity contribution in [2.45, 2.75) is 37.8 Å². The number of aryl methyl sites for hydroxylation is 1. The van der Waals surface area contributed by atoms with Crippen LogP contribution in [0.5, 0.6) is 0 Å². The average molecular weight is 651 g/mol. The van der Waals surface area contributed by atoms with Crippen LogP contribution in [0, 0.1) is 15.9 Å². The van der Waals surface area contributed by atoms with Crippen molar-refractivity contribution in [3.05, 3.63) is 119 Å². The van der Waals surface area contributed by atoms with Crippen molar-refractivity contribution < 1.29 is 17.7 Å². The minimum absolute atomic E-state index is 0.0388. The van der Waals surface area contributed by atoms with Gasteiger partial charge in [-0.25, -0.2) is 21.8 Å². The molecule has 0 radical (unpaired) electrons. The van der Waals surface area contributed by atoms with Gasteiger partial charge in [0.25, 0.3) is 15.7 Å². The maximum atomic E-state index is 15.6. The van der Waals surface area contributed by atoms with Gasteiger partial charge in [-0.1, -0.05) is 30.3 Å². The second-order valence-corrected chi connectivity index (χ2v) is 13.3. The molecule has 238 valence electrons. The van der Waals surface area contributed by atoms with E-state index in [1.807, 2.05) is 13.1 Å². The molecule has 12 heteroatoms. The second-order valence-electron chi connectivity index (χ2n) is 11.5. The van der Waals surface area contributed by atoms with Crippen molar-refractivity contribution in [2.75, 3.05) is 13.1 Å². The molecule has 1 aliphatic heterocycles. The standard InChI is InChI=1S/C35H31FN6O4S/c1-2-40-23-31(34(38-40)24-12-14-27(15-13-24)42(43)44)29-16-17-37-35-30(29)21-33(41(35)47(45,46)28-8-4-3-5-9-28)25-10-11-26(32(36)20-25)22-39-18-6-7-19-39/h3-5,8-17,20-21,23H,2,6-7,18-19,22H2,1H3. The summed E-state index contributed by atoms with van der Waals surface area (Å²) in [6.45, 7) is 4.86. The van der Waals surface area contributed by atoms with Crippen molar-refractivity contribution in [1.82, 2.24) is 23.6 Å². The highest BCUT2D eigenvalue weighted by Gasteiger charge is 2.28. The van der Waals surface area contributed by atoms with Crippen LogP contribution >= 0.6 is 0 Å². The molecule has 0 saturated carbocycles. The number of rotatable bonds is 9. The maximum Gasteiger partial charge on any atom is 0.269 e. The van der Waals surface area contributed by atoms with Crippen LogP contribution in [0.2, 0.25) is 0 Å². The maximum absolute atomic E-state index is 15.6. The minimum atomic E-state index is -4.18. The molecule has 3 aromatic carbocycles. The van der Waals surface area contributed by atoms with Crippen LogP contribution < -0.4 is 0 Å². The Morgan fingerprint density at radius 1 is 0.915 bits per heavy atom. The number of nitro benzene ring substituents is 1. The highest BCUT2D eigenvalue weighted by Crippen LogP contribution is 2.40. The highest BCUT2D eigenvalue weighted by molar-refractivity contribution is 7.90. The van der Waals surface area contributed by atoms with E-state index in [4.69, 9.17) is 5.10 Å². The molecule has 10 nitrogen and oxygen atoms in total. The molecule has 4 heterocycles. The average Bonchev–Trinajstić information content (AvgIpc) is 3.85. The third-order valence-electron chi connectivity index (χ3n) is 8.61. The summed E-state index contributed by atoms with van der Waals surface area (Å²) in [4.78, 5) is 17.7. The molecule has 0 amide bonds. The number of halogens is 1. The number of hydrogen-bond donors (Lipinski definition) is 0. The van der Waals surface area contributed by atoms with Crippen LogP contribution in [0.1, 0.15) is 25.3 Å². The molecular formula is C35H31FN6O4S. The van der Waals surface area contributed by atoms with Crippen molar-refractivity contribution in [1.29, 1.82) is 0 Å². The van der Waals surface area contributed by atoms with Gasteiger partial charge >= 0.3 is 0 Å². The van der Waals surface area contributed by atoms with Crippen LogP contribution in [0.4, 0.5) is 10.1 Å². The summed E-state index contributed by atoms with van der Waals surface area (Å²) in [5.74, 6) is -0.402. The number of hydrogen-bond acceptors (Lipinski definition) is 7. The summed E-state index contributed by atoms with van der Waals surface area (Å²) in [6.07, 6.45) is 5.59. The lowest BCUT2D eigenvalue weighted by molar-refractivity contribution is -0.384. The minimum Gasteiger partial charge on any atom is -0.299 e. The molecule has 3 aromatic heterocycles. The highest BCUT2D eigenvalue weighted by atomic mass is 32.2. The molecule has 0 spiro atoms. The lowest BCUT2D eigenvalue weighted by Crippen LogP contribution is -2.19. The largest absolute Gasteiger partial charge is 0.299 e. The Hall–Kier alpha value is -5.20. The quantitative estimate of drug-likeness (QED) is 0.121. The fraction of sp³-hybridized carbons (Fsp3) is 0.200. The molecule has 0 aliphatic carbocycles. The van der Waals surface area contributed by atoms with Crippen molar-refractivity contribution in [3.63, 3.8) is 0 Å². The number of pyridine rings is 1. The van der Waals surface area contributed by atoms with E-state index in [1.165, 1.54) is 34.3 Å². The van der Waals surface area contributed by atoms with Gasteiger partial charge in [-0.3, -0.25) is 19.7 Å². The van der Waals surface area contributed by atoms with E-state index >= 15 is 4.39 Å². The molecule has 6 aromatic rings. The molecule has 0 N–H and O–H groups in total. The SMILES string of the molecule is CCn1cc(-c2ccnc3c2cc(-c2ccc(CN4CCCC4)c(F)c2)n3S(=O)(=O)c2ccccc2)c(-c2ccc([N+](=O)[O-])cc2)n1. The Balaban J connectivity index is 1.43. The number of nitrogens with zero attached hydrogens (tertiary/aromatic N) is 6. The van der Waals surface area contributed by atoms with Gasteiger partial charge < -0.3 is 0 Å². The van der Waals surface area contributed by atoms with Crippen molar-refractivity contribution in [2.24, 2.45) is 0 Å². The summed E-state index contributed by atoms with van der Waals surface area (Å²) in [6, 6.07) is 22.6. The monoisotopic (exact) mass is 650 g/mol. The van der Waals surface area contributed by atoms with Crippen LogP contribution in [0.3, 0.4) is 0 Å². The second kappa shape index (κ2) is 12.2. The van der Waals surface area contributed by atoms with Gasteiger partial charge in [0.05, 0.1) is 15.5 Å². The number of fused-ring (bicyclic) bond motifs is 1. The first kappa shape index (κ1) is 30.5. The first-order valence-electron chi connectivity index (χ1n) is 15.4. The summed E-state index contributed by atoms with van der Waals surface area (Å²) >= 11 is 0. The van der Waals surface area contributed by atoms with Gasteiger partial charge in [-0.05, 0) is 80.9 Å². The topological polar surface area (TPSA) is 116 Å². The van der Waals surface area contributed by atoms with Crippen molar-refractivity contribution in [3.8, 4) is 33.6 Å². The molecule has 1 saturated heterocycles. The first-order valence-corrected chi connectivity index (χ1v) is 16.8. The lowest BCUT2D eigenvalue weighted by Gasteiger charge is -2.16. The molecule has 0 unspecified atom stereocenters. The van der Waals surface area contributed by atoms with Crippen LogP contribution in [0.25, 0.3) is 44.7 Å². The summed E-state index contributed by atoms with van der Waals surface area (Å²) in [7, 11) is -4.18. The molecule has 47 heavy (non-hydrogen) atoms. The molecule has 0 atom stereocenters. The van der Waals surface area contributed by atoms with Crippen LogP contribution in [-0.2, 0) is 23.1 Å². The zero-order chi connectivity index (χ0) is 32.7. The van der Waals surface area contributed by atoms with Gasteiger partial charge in [0, 0.05) is 65.3 Å². The van der Waals surface area contributed by atoms with Gasteiger partial charge in [0.2, 0.25) is 0 Å². The molecule has 0 bridgehead atoms. The fourth-order valence-corrected chi connectivity index (χ4v) is 7.71. The third kappa shape index (κ3) is 5.59. The van der Waals surface area contributed by atoms with E-state index < -0.39 is 20.8 Å². The predicted molar refractivity (Wildman–Crippen MR) is 178 cm³/mol. The Bertz CT molecular complexity index is 2220. The summed E-state index contributed by atoms with van der Waals surface area (Å²) < 4.78 is 47.2. The van der Waals surface area contributed by atoms with Crippen molar-refractivity contribution >= 4 is 26.7 Å². The number of aromatic nitrogens is 4. The third-order valence-corrected chi connectivity index (χ3v) is 10.3. The summed E-state index contributed by atoms with van der Waals surface area (Å²) in [5, 5.41) is 16.6. The van der Waals surface area contributed by atoms with Gasteiger partial charge in [0.1, 0.15) is 11.5 Å². The number of benzene rings is 3. The lowest BCUT2D eigenvalue weighted by atomic mass is 10.00. The fourth-order valence-electron chi connectivity index (χ4n) is 6.20. The van der Waals surface area contributed by atoms with Crippen LogP contribution in [-0.4, -0.2) is 50.1 Å². The normalized spacial score (nSPS) is 13.8. The van der Waals surface area contributed by atoms with E-state index in [0.29, 0.717) is 52.0 Å². The van der Waals surface area contributed by atoms with Gasteiger partial charge in [-0.2, -0.15) is 5.10 Å². The Kier molecular flexibility index (Phi) is 7.90. The van der Waals surface area contributed by atoms with E-state index in [1.54, 1.807) is 65.5 Å². The zero-order valence-corrected chi connectivity index (χ0v) is 26.4. The van der Waals surface area contributed by atoms with E-state index in [0.717, 1.165) is 25.9 Å². The Morgan fingerprint density at radius 2 is 1.64 bits per heavy atom. The van der Waals surface area contributed by atoms with E-state index in [2.05, 4.69) is 9.88 Å². The van der Waals surface area contributed by atoms with Gasteiger partial charge in [0.15, 0.2) is 5.65 Å². The Labute approximate surface area is 270 Å². The summed E-state index contributed by atoms with van der Waals surface area (Å²) in [5.41, 5.74) is 3.97. The number of likely N-dealkylation sites (tertiary alicyclic amines) is 1. The van der Waals surface area contributed by atoms with Gasteiger partial charge in [-0.15, -0.1) is 0 Å². The smallest absolute Gasteiger partial charge is 0.269 e. The predicted octanol–water partition coefficient (Wildman–Crippen LogP) is 7.13.